The number of benzene rings is 1. The van der Waals surface area contributed by atoms with Gasteiger partial charge in [0.05, 0.1) is 6.54 Å². The number of hydrogen-bond acceptors (Lipinski definition) is 5. The van der Waals surface area contributed by atoms with E-state index in [-0.39, 0.29) is 12.1 Å². The zero-order valence-corrected chi connectivity index (χ0v) is 12.4. The van der Waals surface area contributed by atoms with Crippen LogP contribution >= 0.6 is 0 Å². The summed E-state index contributed by atoms with van der Waals surface area (Å²) < 4.78 is 16.4. The maximum Gasteiger partial charge on any atom is 0.322 e. The number of hydrogen-bond donors (Lipinski definition) is 1. The second kappa shape index (κ2) is 5.97. The molecule has 116 valence electrons. The number of aromatic nitrogens is 1. The van der Waals surface area contributed by atoms with E-state index in [1.54, 1.807) is 20.0 Å². The maximum atomic E-state index is 12.1. The smallest absolute Gasteiger partial charge is 0.322 e. The number of carbonyl (C=O) groups is 1. The fraction of sp³-hybridized carbons (Fsp3) is 0.333. The average Bonchev–Trinajstić information content (AvgIpc) is 2.92. The van der Waals surface area contributed by atoms with E-state index in [4.69, 9.17) is 14.0 Å². The fourth-order valence-corrected chi connectivity index (χ4v) is 2.17. The van der Waals surface area contributed by atoms with E-state index in [0.29, 0.717) is 30.5 Å². The van der Waals surface area contributed by atoms with E-state index in [9.17, 15) is 4.79 Å². The lowest BCUT2D eigenvalue weighted by Gasteiger charge is -2.29. The van der Waals surface area contributed by atoms with Gasteiger partial charge < -0.3 is 18.9 Å². The van der Waals surface area contributed by atoms with Gasteiger partial charge >= 0.3 is 6.03 Å². The predicted molar refractivity (Wildman–Crippen MR) is 79.2 cm³/mol. The quantitative estimate of drug-likeness (QED) is 0.941. The topological polar surface area (TPSA) is 76.8 Å². The Hall–Kier alpha value is -2.70. The van der Waals surface area contributed by atoms with Gasteiger partial charge in [0.1, 0.15) is 12.4 Å². The molecule has 0 bridgehead atoms. The van der Waals surface area contributed by atoms with Crippen molar-refractivity contribution in [1.29, 1.82) is 0 Å². The van der Waals surface area contributed by atoms with Crippen molar-refractivity contribution in [3.8, 4) is 11.5 Å². The molecule has 1 unspecified atom stereocenters. The summed E-state index contributed by atoms with van der Waals surface area (Å²) in [6, 6.07) is 8.85. The molecule has 22 heavy (non-hydrogen) atoms. The molecule has 1 atom stereocenters. The fourth-order valence-electron chi connectivity index (χ4n) is 2.17. The predicted octanol–water partition coefficient (Wildman–Crippen LogP) is 2.29. The summed E-state index contributed by atoms with van der Waals surface area (Å²) in [4.78, 5) is 13.6. The lowest BCUT2D eigenvalue weighted by molar-refractivity contribution is 0.0731. The summed E-state index contributed by atoms with van der Waals surface area (Å²) in [6.07, 6.45) is -0.218. The molecule has 2 aromatic rings. The number of carbonyl (C=O) groups excluding carboxylic acids is 1. The highest BCUT2D eigenvalue weighted by molar-refractivity contribution is 5.88. The summed E-state index contributed by atoms with van der Waals surface area (Å²) in [5.41, 5.74) is 0. The molecule has 1 aromatic heterocycles. The standard InChI is InChI=1S/C15H17N3O4/c1-10-7-14(17-22-10)16-15(19)18(2)8-11-9-20-12-5-3-4-6-13(12)21-11/h3-7,11H,8-9H2,1-2H3,(H,16,17,19). The molecular formula is C15H17N3O4. The molecule has 0 radical (unpaired) electrons. The minimum Gasteiger partial charge on any atom is -0.486 e. The van der Waals surface area contributed by atoms with E-state index in [2.05, 4.69) is 10.5 Å². The van der Waals surface area contributed by atoms with Crippen LogP contribution in [0.2, 0.25) is 0 Å². The molecule has 0 saturated heterocycles. The van der Waals surface area contributed by atoms with E-state index in [1.807, 2.05) is 24.3 Å². The summed E-state index contributed by atoms with van der Waals surface area (Å²) in [7, 11) is 1.69. The molecule has 1 aliphatic rings. The SMILES string of the molecule is Cc1cc(NC(=O)N(C)CC2COc3ccccc3O2)no1. The maximum absolute atomic E-state index is 12.1. The van der Waals surface area contributed by atoms with Crippen LogP contribution in [0, 0.1) is 6.92 Å². The first kappa shape index (κ1) is 14.2. The third kappa shape index (κ3) is 3.13. The second-order valence-electron chi connectivity index (χ2n) is 5.13. The van der Waals surface area contributed by atoms with Crippen molar-refractivity contribution in [2.45, 2.75) is 13.0 Å². The van der Waals surface area contributed by atoms with Gasteiger partial charge in [-0.3, -0.25) is 5.32 Å². The number of anilines is 1. The van der Waals surface area contributed by atoms with Crippen molar-refractivity contribution in [1.82, 2.24) is 10.1 Å². The van der Waals surface area contributed by atoms with Crippen LogP contribution in [-0.2, 0) is 0 Å². The molecule has 1 aromatic carbocycles. The van der Waals surface area contributed by atoms with Crippen molar-refractivity contribution in [3.05, 3.63) is 36.1 Å². The number of fused-ring (bicyclic) bond motifs is 1. The van der Waals surface area contributed by atoms with Crippen molar-refractivity contribution in [2.75, 3.05) is 25.5 Å². The number of nitrogens with zero attached hydrogens (tertiary/aromatic N) is 2. The summed E-state index contributed by atoms with van der Waals surface area (Å²) in [5, 5.41) is 6.38. The third-order valence-corrected chi connectivity index (χ3v) is 3.25. The molecule has 1 aliphatic heterocycles. The number of amides is 2. The number of aryl methyl sites for hydroxylation is 1. The Morgan fingerprint density at radius 1 is 1.41 bits per heavy atom. The monoisotopic (exact) mass is 303 g/mol. The minimum absolute atomic E-state index is 0.218. The van der Waals surface area contributed by atoms with Gasteiger partial charge in [0, 0.05) is 13.1 Å². The molecule has 2 amide bonds. The van der Waals surface area contributed by atoms with E-state index >= 15 is 0 Å². The summed E-state index contributed by atoms with van der Waals surface area (Å²) >= 11 is 0. The van der Waals surface area contributed by atoms with Crippen LogP contribution in [0.15, 0.2) is 34.9 Å². The Morgan fingerprint density at radius 3 is 2.91 bits per heavy atom. The van der Waals surface area contributed by atoms with Gasteiger partial charge in [-0.1, -0.05) is 17.3 Å². The Kier molecular flexibility index (Phi) is 3.86. The molecule has 3 rings (SSSR count). The lowest BCUT2D eigenvalue weighted by atomic mass is 10.2. The van der Waals surface area contributed by atoms with Crippen LogP contribution in [0.3, 0.4) is 0 Å². The molecule has 0 aliphatic carbocycles. The molecule has 7 nitrogen and oxygen atoms in total. The van der Waals surface area contributed by atoms with Crippen molar-refractivity contribution >= 4 is 11.8 Å². The third-order valence-electron chi connectivity index (χ3n) is 3.25. The highest BCUT2D eigenvalue weighted by Gasteiger charge is 2.24. The van der Waals surface area contributed by atoms with Crippen LogP contribution in [0.25, 0.3) is 0 Å². The first-order valence-electron chi connectivity index (χ1n) is 6.96. The molecular weight excluding hydrogens is 286 g/mol. The lowest BCUT2D eigenvalue weighted by Crippen LogP contribution is -2.43. The molecule has 7 heteroatoms. The van der Waals surface area contributed by atoms with Crippen LogP contribution in [0.4, 0.5) is 10.6 Å². The molecule has 1 N–H and O–H groups in total. The van der Waals surface area contributed by atoms with Crippen LogP contribution in [-0.4, -0.2) is 42.4 Å². The molecule has 0 fully saturated rings. The normalized spacial score (nSPS) is 16.2. The van der Waals surface area contributed by atoms with E-state index in [0.717, 1.165) is 5.75 Å². The van der Waals surface area contributed by atoms with Crippen molar-refractivity contribution in [3.63, 3.8) is 0 Å². The van der Waals surface area contributed by atoms with Gasteiger partial charge in [-0.25, -0.2) is 4.79 Å². The van der Waals surface area contributed by atoms with Gasteiger partial charge in [-0.15, -0.1) is 0 Å². The Balaban J connectivity index is 1.56. The number of ether oxygens (including phenoxy) is 2. The van der Waals surface area contributed by atoms with Crippen LogP contribution in [0.1, 0.15) is 5.76 Å². The number of rotatable bonds is 3. The largest absolute Gasteiger partial charge is 0.486 e. The highest BCUT2D eigenvalue weighted by Crippen LogP contribution is 2.30. The Morgan fingerprint density at radius 2 is 2.18 bits per heavy atom. The number of likely N-dealkylation sites (N-methyl/N-ethyl adjacent to an activating group) is 1. The minimum atomic E-state index is -0.282. The molecule has 0 spiro atoms. The van der Waals surface area contributed by atoms with Gasteiger partial charge in [-0.2, -0.15) is 0 Å². The number of para-hydroxylation sites is 2. The van der Waals surface area contributed by atoms with Gasteiger partial charge in [0.25, 0.3) is 0 Å². The summed E-state index contributed by atoms with van der Waals surface area (Å²) in [6.45, 7) is 2.56. The number of nitrogens with one attached hydrogen (secondary N) is 1. The second-order valence-corrected chi connectivity index (χ2v) is 5.13. The van der Waals surface area contributed by atoms with Crippen molar-refractivity contribution < 1.29 is 18.8 Å². The van der Waals surface area contributed by atoms with Crippen LogP contribution < -0.4 is 14.8 Å². The Labute approximate surface area is 127 Å². The average molecular weight is 303 g/mol. The Bertz CT molecular complexity index is 670. The van der Waals surface area contributed by atoms with E-state index in [1.165, 1.54) is 4.90 Å². The van der Waals surface area contributed by atoms with Gasteiger partial charge in [0.2, 0.25) is 0 Å². The van der Waals surface area contributed by atoms with Crippen molar-refractivity contribution in [2.24, 2.45) is 0 Å². The van der Waals surface area contributed by atoms with E-state index < -0.39 is 0 Å². The molecule has 0 saturated carbocycles. The van der Waals surface area contributed by atoms with Gasteiger partial charge in [0.15, 0.2) is 23.4 Å². The zero-order chi connectivity index (χ0) is 15.5. The first-order valence-corrected chi connectivity index (χ1v) is 6.96. The molecule has 2 heterocycles. The number of urea groups is 1. The zero-order valence-electron chi connectivity index (χ0n) is 12.4. The van der Waals surface area contributed by atoms with Crippen LogP contribution in [0.5, 0.6) is 11.5 Å². The first-order chi connectivity index (χ1) is 10.6. The summed E-state index contributed by atoms with van der Waals surface area (Å²) in [5.74, 6) is 2.45. The van der Waals surface area contributed by atoms with Gasteiger partial charge in [-0.05, 0) is 19.1 Å². The highest BCUT2D eigenvalue weighted by atomic mass is 16.6.